The minimum absolute atomic E-state index is 0.0480. The third-order valence-corrected chi connectivity index (χ3v) is 2.30. The second-order valence-corrected chi connectivity index (χ2v) is 5.05. The first kappa shape index (κ1) is 14.0. The first-order chi connectivity index (χ1) is 6.87. The second-order valence-electron chi connectivity index (χ2n) is 5.05. The van der Waals surface area contributed by atoms with E-state index in [1.807, 2.05) is 19.9 Å². The van der Waals surface area contributed by atoms with E-state index >= 15 is 0 Å². The van der Waals surface area contributed by atoms with Crippen LogP contribution in [0.15, 0.2) is 0 Å². The highest BCUT2D eigenvalue weighted by Crippen LogP contribution is 2.15. The molecule has 0 unspecified atom stereocenters. The minimum Gasteiger partial charge on any atom is -0.350 e. The van der Waals surface area contributed by atoms with E-state index < -0.39 is 0 Å². The van der Waals surface area contributed by atoms with Crippen LogP contribution in [0, 0.1) is 17.2 Å². The van der Waals surface area contributed by atoms with Crippen LogP contribution in [0.1, 0.15) is 53.4 Å². The van der Waals surface area contributed by atoms with E-state index in [1.54, 1.807) is 0 Å². The molecule has 15 heavy (non-hydrogen) atoms. The van der Waals surface area contributed by atoms with Crippen LogP contribution in [0.4, 0.5) is 0 Å². The van der Waals surface area contributed by atoms with Gasteiger partial charge in [-0.3, -0.25) is 4.79 Å². The lowest BCUT2D eigenvalue weighted by Crippen LogP contribution is -2.43. The van der Waals surface area contributed by atoms with Crippen molar-refractivity contribution in [2.75, 3.05) is 0 Å². The lowest BCUT2D eigenvalue weighted by molar-refractivity contribution is -0.121. The maximum Gasteiger partial charge on any atom is 0.234 e. The van der Waals surface area contributed by atoms with Crippen LogP contribution in [0.25, 0.3) is 0 Å². The van der Waals surface area contributed by atoms with Crippen molar-refractivity contribution in [2.24, 2.45) is 5.92 Å². The standard InChI is InChI=1S/C12H22N2O/c1-10(2)6-5-8-12(3,4)14-11(15)7-9-13/h10H,5-8H2,1-4H3,(H,14,15). The summed E-state index contributed by atoms with van der Waals surface area (Å²) < 4.78 is 0. The molecule has 0 fully saturated rings. The van der Waals surface area contributed by atoms with Crippen LogP contribution in [0.5, 0.6) is 0 Å². The van der Waals surface area contributed by atoms with E-state index in [9.17, 15) is 4.79 Å². The van der Waals surface area contributed by atoms with Crippen LogP contribution in [-0.2, 0) is 4.79 Å². The SMILES string of the molecule is CC(C)CCCC(C)(C)NC(=O)CC#N. The van der Waals surface area contributed by atoms with Crippen molar-refractivity contribution in [1.29, 1.82) is 5.26 Å². The summed E-state index contributed by atoms with van der Waals surface area (Å²) in [6, 6.07) is 1.85. The number of hydrogen-bond donors (Lipinski definition) is 1. The molecule has 86 valence electrons. The van der Waals surface area contributed by atoms with Crippen LogP contribution >= 0.6 is 0 Å². The first-order valence-electron chi connectivity index (χ1n) is 5.55. The molecule has 0 saturated carbocycles. The molecule has 0 aromatic heterocycles. The van der Waals surface area contributed by atoms with E-state index in [0.29, 0.717) is 5.92 Å². The van der Waals surface area contributed by atoms with E-state index in [2.05, 4.69) is 19.2 Å². The summed E-state index contributed by atoms with van der Waals surface area (Å²) in [6.45, 7) is 8.40. The zero-order chi connectivity index (χ0) is 11.9. The van der Waals surface area contributed by atoms with Crippen molar-refractivity contribution in [3.8, 4) is 6.07 Å². The average molecular weight is 210 g/mol. The number of rotatable bonds is 6. The maximum absolute atomic E-state index is 11.2. The molecule has 3 nitrogen and oxygen atoms in total. The van der Waals surface area contributed by atoms with Gasteiger partial charge in [-0.25, -0.2) is 0 Å². The summed E-state index contributed by atoms with van der Waals surface area (Å²) in [4.78, 5) is 11.2. The molecule has 0 radical (unpaired) electrons. The Labute approximate surface area is 92.9 Å². The van der Waals surface area contributed by atoms with Gasteiger partial charge in [0.1, 0.15) is 6.42 Å². The summed E-state index contributed by atoms with van der Waals surface area (Å²) in [5.74, 6) is 0.530. The molecule has 0 atom stereocenters. The summed E-state index contributed by atoms with van der Waals surface area (Å²) in [6.07, 6.45) is 3.20. The summed E-state index contributed by atoms with van der Waals surface area (Å²) >= 11 is 0. The topological polar surface area (TPSA) is 52.9 Å². The molecule has 0 aliphatic heterocycles. The smallest absolute Gasteiger partial charge is 0.234 e. The van der Waals surface area contributed by atoms with Crippen molar-refractivity contribution in [3.05, 3.63) is 0 Å². The van der Waals surface area contributed by atoms with Gasteiger partial charge in [-0.2, -0.15) is 5.26 Å². The zero-order valence-corrected chi connectivity index (χ0v) is 10.3. The Kier molecular flexibility index (Phi) is 6.00. The highest BCUT2D eigenvalue weighted by molar-refractivity contribution is 5.78. The van der Waals surface area contributed by atoms with Crippen molar-refractivity contribution in [2.45, 2.75) is 58.9 Å². The predicted octanol–water partition coefficient (Wildman–Crippen LogP) is 2.62. The fraction of sp³-hybridized carbons (Fsp3) is 0.833. The van der Waals surface area contributed by atoms with E-state index in [4.69, 9.17) is 5.26 Å². The molecule has 0 bridgehead atoms. The molecule has 0 spiro atoms. The Morgan fingerprint density at radius 1 is 1.47 bits per heavy atom. The molecule has 1 amide bonds. The Balaban J connectivity index is 3.86. The van der Waals surface area contributed by atoms with Gasteiger partial charge in [0.05, 0.1) is 6.07 Å². The van der Waals surface area contributed by atoms with Crippen molar-refractivity contribution >= 4 is 5.91 Å². The number of carbonyl (C=O) groups is 1. The van der Waals surface area contributed by atoms with Gasteiger partial charge < -0.3 is 5.32 Å². The summed E-state index contributed by atoms with van der Waals surface area (Å²) in [5.41, 5.74) is -0.192. The lowest BCUT2D eigenvalue weighted by Gasteiger charge is -2.26. The Hall–Kier alpha value is -1.04. The van der Waals surface area contributed by atoms with Gasteiger partial charge in [0.2, 0.25) is 5.91 Å². The molecule has 0 aliphatic rings. The highest BCUT2D eigenvalue weighted by Gasteiger charge is 2.19. The number of carbonyl (C=O) groups excluding carboxylic acids is 1. The van der Waals surface area contributed by atoms with Crippen molar-refractivity contribution < 1.29 is 4.79 Å². The van der Waals surface area contributed by atoms with Crippen LogP contribution in [0.3, 0.4) is 0 Å². The first-order valence-corrected chi connectivity index (χ1v) is 5.55. The van der Waals surface area contributed by atoms with Crippen LogP contribution < -0.4 is 5.32 Å². The molecule has 0 rings (SSSR count). The second kappa shape index (κ2) is 6.44. The van der Waals surface area contributed by atoms with Crippen LogP contribution in [0.2, 0.25) is 0 Å². The molecule has 3 heteroatoms. The van der Waals surface area contributed by atoms with E-state index in [-0.39, 0.29) is 17.9 Å². The van der Waals surface area contributed by atoms with Gasteiger partial charge >= 0.3 is 0 Å². The number of nitrogens with zero attached hydrogens (tertiary/aromatic N) is 1. The molecule has 0 aliphatic carbocycles. The van der Waals surface area contributed by atoms with Gasteiger partial charge in [-0.05, 0) is 26.2 Å². The number of amides is 1. The van der Waals surface area contributed by atoms with Crippen molar-refractivity contribution in [3.63, 3.8) is 0 Å². The van der Waals surface area contributed by atoms with Gasteiger partial charge in [-0.15, -0.1) is 0 Å². The summed E-state index contributed by atoms with van der Waals surface area (Å²) in [7, 11) is 0. The molecule has 0 aromatic carbocycles. The molecular formula is C12H22N2O. The average Bonchev–Trinajstić information content (AvgIpc) is 2.01. The van der Waals surface area contributed by atoms with E-state index in [0.717, 1.165) is 12.8 Å². The maximum atomic E-state index is 11.2. The molecular weight excluding hydrogens is 188 g/mol. The largest absolute Gasteiger partial charge is 0.350 e. The number of nitriles is 1. The molecule has 1 N–H and O–H groups in total. The quantitative estimate of drug-likeness (QED) is 0.732. The third-order valence-electron chi connectivity index (χ3n) is 2.30. The Morgan fingerprint density at radius 3 is 2.53 bits per heavy atom. The normalized spacial score (nSPS) is 11.2. The third kappa shape index (κ3) is 7.99. The van der Waals surface area contributed by atoms with Gasteiger partial charge in [0, 0.05) is 5.54 Å². The fourth-order valence-corrected chi connectivity index (χ4v) is 1.51. The summed E-state index contributed by atoms with van der Waals surface area (Å²) in [5, 5.41) is 11.2. The Bertz CT molecular complexity index is 238. The lowest BCUT2D eigenvalue weighted by atomic mass is 9.94. The van der Waals surface area contributed by atoms with Gasteiger partial charge in [0.15, 0.2) is 0 Å². The number of nitrogens with one attached hydrogen (secondary N) is 1. The minimum atomic E-state index is -0.192. The van der Waals surface area contributed by atoms with Crippen LogP contribution in [-0.4, -0.2) is 11.4 Å². The fourth-order valence-electron chi connectivity index (χ4n) is 1.51. The molecule has 0 saturated heterocycles. The van der Waals surface area contributed by atoms with Crippen molar-refractivity contribution in [1.82, 2.24) is 5.32 Å². The highest BCUT2D eigenvalue weighted by atomic mass is 16.1. The molecule has 0 aromatic rings. The predicted molar refractivity (Wildman–Crippen MR) is 61.1 cm³/mol. The monoisotopic (exact) mass is 210 g/mol. The van der Waals surface area contributed by atoms with Gasteiger partial charge in [0.25, 0.3) is 0 Å². The Morgan fingerprint density at radius 2 is 2.07 bits per heavy atom. The zero-order valence-electron chi connectivity index (χ0n) is 10.3. The molecule has 0 heterocycles. The number of hydrogen-bond acceptors (Lipinski definition) is 2. The van der Waals surface area contributed by atoms with E-state index in [1.165, 1.54) is 6.42 Å². The van der Waals surface area contributed by atoms with Gasteiger partial charge in [-0.1, -0.05) is 26.7 Å².